The van der Waals surface area contributed by atoms with E-state index in [0.29, 0.717) is 17.2 Å². The highest BCUT2D eigenvalue weighted by Gasteiger charge is 2.20. The Morgan fingerprint density at radius 3 is 2.65 bits per heavy atom. The molecule has 0 aliphatic carbocycles. The molecule has 1 heterocycles. The first-order valence-corrected chi connectivity index (χ1v) is 7.84. The largest absolute Gasteiger partial charge is 0.477 e. The summed E-state index contributed by atoms with van der Waals surface area (Å²) >= 11 is 2.49. The maximum atomic E-state index is 12.0. The van der Waals surface area contributed by atoms with Gasteiger partial charge in [-0.15, -0.1) is 11.3 Å². The summed E-state index contributed by atoms with van der Waals surface area (Å²) in [5.74, 6) is -0.787. The van der Waals surface area contributed by atoms with Gasteiger partial charge >= 0.3 is 12.0 Å². The Balaban J connectivity index is 2.68. The number of thiophene rings is 1. The van der Waals surface area contributed by atoms with Crippen LogP contribution in [0.15, 0.2) is 12.1 Å². The second kappa shape index (κ2) is 7.75. The first-order valence-electron chi connectivity index (χ1n) is 5.63. The molecule has 1 rings (SSSR count). The summed E-state index contributed by atoms with van der Waals surface area (Å²) < 4.78 is 0. The number of anilines is 1. The molecule has 1 atom stereocenters. The molecule has 1 unspecified atom stereocenters. The van der Waals surface area contributed by atoms with E-state index in [0.717, 1.165) is 11.3 Å². The van der Waals surface area contributed by atoms with Crippen molar-refractivity contribution >= 4 is 46.0 Å². The molecule has 7 nitrogen and oxygen atoms in total. The van der Waals surface area contributed by atoms with Crippen LogP contribution in [0, 0.1) is 0 Å². The number of thioether (sulfide) groups is 1. The summed E-state index contributed by atoms with van der Waals surface area (Å²) in [5, 5.41) is 14.1. The summed E-state index contributed by atoms with van der Waals surface area (Å²) in [4.78, 5) is 33.7. The van der Waals surface area contributed by atoms with Gasteiger partial charge in [-0.25, -0.2) is 9.59 Å². The zero-order valence-electron chi connectivity index (χ0n) is 10.7. The lowest BCUT2D eigenvalue weighted by molar-refractivity contribution is -0.117. The number of primary amides is 1. The van der Waals surface area contributed by atoms with E-state index in [1.54, 1.807) is 11.8 Å². The molecule has 0 aliphatic rings. The summed E-state index contributed by atoms with van der Waals surface area (Å²) in [5.41, 5.74) is 5.03. The average Bonchev–Trinajstić information content (AvgIpc) is 2.82. The Morgan fingerprint density at radius 2 is 2.15 bits per heavy atom. The number of carboxylic acids is 1. The van der Waals surface area contributed by atoms with Crippen molar-refractivity contribution in [3.05, 3.63) is 17.0 Å². The second-order valence-electron chi connectivity index (χ2n) is 3.80. The summed E-state index contributed by atoms with van der Waals surface area (Å²) in [7, 11) is 0. The predicted octanol–water partition coefficient (Wildman–Crippen LogP) is 1.17. The van der Waals surface area contributed by atoms with Crippen LogP contribution in [0.5, 0.6) is 0 Å². The second-order valence-corrected chi connectivity index (χ2v) is 5.87. The fourth-order valence-corrected chi connectivity index (χ4v) is 2.62. The summed E-state index contributed by atoms with van der Waals surface area (Å²) in [6, 6.07) is 1.39. The minimum Gasteiger partial charge on any atom is -0.477 e. The van der Waals surface area contributed by atoms with Crippen LogP contribution in [0.1, 0.15) is 16.1 Å². The molecule has 0 saturated heterocycles. The number of amides is 3. The molecule has 0 saturated carbocycles. The van der Waals surface area contributed by atoms with Gasteiger partial charge in [-0.1, -0.05) is 0 Å². The van der Waals surface area contributed by atoms with Crippen molar-refractivity contribution in [1.29, 1.82) is 0 Å². The molecule has 0 spiro atoms. The lowest BCUT2D eigenvalue weighted by atomic mass is 10.2. The van der Waals surface area contributed by atoms with Crippen molar-refractivity contribution in [2.75, 3.05) is 17.3 Å². The zero-order chi connectivity index (χ0) is 15.1. The smallest absolute Gasteiger partial charge is 0.345 e. The SMILES string of the molecule is CSCCC(NC(N)=O)C(=O)Nc1ccc(C(=O)O)s1. The first kappa shape index (κ1) is 16.3. The third-order valence-corrected chi connectivity index (χ3v) is 3.94. The maximum absolute atomic E-state index is 12.0. The van der Waals surface area contributed by atoms with Crippen LogP contribution in [0.4, 0.5) is 9.80 Å². The Hall–Kier alpha value is -1.74. The number of rotatable bonds is 7. The standard InChI is InChI=1S/C11H15N3O4S2/c1-19-5-4-6(13-11(12)18)9(15)14-8-3-2-7(20-8)10(16)17/h2-3,6H,4-5H2,1H3,(H,14,15)(H,16,17)(H3,12,13,18). The minimum atomic E-state index is -1.05. The van der Waals surface area contributed by atoms with Gasteiger partial charge in [0, 0.05) is 0 Å². The number of hydrogen-bond donors (Lipinski definition) is 4. The highest BCUT2D eigenvalue weighted by Crippen LogP contribution is 2.22. The van der Waals surface area contributed by atoms with Crippen LogP contribution in [0.3, 0.4) is 0 Å². The Morgan fingerprint density at radius 1 is 1.45 bits per heavy atom. The van der Waals surface area contributed by atoms with E-state index in [9.17, 15) is 14.4 Å². The molecule has 0 bridgehead atoms. The Kier molecular flexibility index (Phi) is 6.32. The van der Waals surface area contributed by atoms with E-state index in [4.69, 9.17) is 10.8 Å². The van der Waals surface area contributed by atoms with Crippen LogP contribution in [-0.4, -0.2) is 41.1 Å². The first-order chi connectivity index (χ1) is 9.43. The van der Waals surface area contributed by atoms with Crippen molar-refractivity contribution in [1.82, 2.24) is 5.32 Å². The Bertz CT molecular complexity index is 504. The Labute approximate surface area is 123 Å². The quantitative estimate of drug-likeness (QED) is 0.601. The van der Waals surface area contributed by atoms with Crippen LogP contribution in [0.25, 0.3) is 0 Å². The number of nitrogens with two attached hydrogens (primary N) is 1. The van der Waals surface area contributed by atoms with Gasteiger partial charge in [-0.05, 0) is 30.6 Å². The molecular formula is C11H15N3O4S2. The van der Waals surface area contributed by atoms with Crippen molar-refractivity contribution in [3.63, 3.8) is 0 Å². The van der Waals surface area contributed by atoms with Gasteiger partial charge in [0.15, 0.2) is 0 Å². The molecule has 0 aliphatic heterocycles. The van der Waals surface area contributed by atoms with Crippen LogP contribution in [-0.2, 0) is 4.79 Å². The fraction of sp³-hybridized carbons (Fsp3) is 0.364. The number of carbonyl (C=O) groups is 3. The zero-order valence-corrected chi connectivity index (χ0v) is 12.3. The number of hydrogen-bond acceptors (Lipinski definition) is 5. The van der Waals surface area contributed by atoms with Gasteiger partial charge in [0.05, 0.1) is 5.00 Å². The average molecular weight is 317 g/mol. The molecule has 20 heavy (non-hydrogen) atoms. The van der Waals surface area contributed by atoms with Crippen molar-refractivity contribution < 1.29 is 19.5 Å². The van der Waals surface area contributed by atoms with Crippen molar-refractivity contribution in [2.45, 2.75) is 12.5 Å². The van der Waals surface area contributed by atoms with E-state index < -0.39 is 23.9 Å². The van der Waals surface area contributed by atoms with Crippen LogP contribution < -0.4 is 16.4 Å². The molecule has 1 aromatic heterocycles. The molecular weight excluding hydrogens is 302 g/mol. The fourth-order valence-electron chi connectivity index (χ4n) is 1.40. The van der Waals surface area contributed by atoms with Gasteiger partial charge in [0.2, 0.25) is 5.91 Å². The number of aromatic carboxylic acids is 1. The van der Waals surface area contributed by atoms with Gasteiger partial charge in [-0.2, -0.15) is 11.8 Å². The van der Waals surface area contributed by atoms with E-state index >= 15 is 0 Å². The monoisotopic (exact) mass is 317 g/mol. The lowest BCUT2D eigenvalue weighted by Gasteiger charge is -2.16. The molecule has 0 fully saturated rings. The normalized spacial score (nSPS) is 11.7. The third-order valence-electron chi connectivity index (χ3n) is 2.31. The number of nitrogens with one attached hydrogen (secondary N) is 2. The van der Waals surface area contributed by atoms with E-state index in [1.807, 2.05) is 6.26 Å². The van der Waals surface area contributed by atoms with Crippen LogP contribution >= 0.6 is 23.1 Å². The number of carboxylic acid groups (broad SMARTS) is 1. The lowest BCUT2D eigenvalue weighted by Crippen LogP contribution is -2.46. The molecule has 1 aromatic rings. The van der Waals surface area contributed by atoms with Crippen LogP contribution in [0.2, 0.25) is 0 Å². The topological polar surface area (TPSA) is 122 Å². The maximum Gasteiger partial charge on any atom is 0.345 e. The van der Waals surface area contributed by atoms with Gasteiger partial charge < -0.3 is 21.5 Å². The molecule has 3 amide bonds. The number of carbonyl (C=O) groups excluding carboxylic acids is 2. The number of urea groups is 1. The van der Waals surface area contributed by atoms with Gasteiger partial charge in [0.25, 0.3) is 0 Å². The minimum absolute atomic E-state index is 0.129. The third kappa shape index (κ3) is 5.10. The summed E-state index contributed by atoms with van der Waals surface area (Å²) in [6.45, 7) is 0. The molecule has 110 valence electrons. The van der Waals surface area contributed by atoms with Gasteiger partial charge in [0.1, 0.15) is 10.9 Å². The van der Waals surface area contributed by atoms with E-state index in [2.05, 4.69) is 10.6 Å². The highest BCUT2D eigenvalue weighted by molar-refractivity contribution is 7.98. The highest BCUT2D eigenvalue weighted by atomic mass is 32.2. The predicted molar refractivity (Wildman–Crippen MR) is 79.4 cm³/mol. The van der Waals surface area contributed by atoms with Gasteiger partial charge in [-0.3, -0.25) is 4.79 Å². The molecule has 0 aromatic carbocycles. The van der Waals surface area contributed by atoms with E-state index in [1.165, 1.54) is 12.1 Å². The molecule has 5 N–H and O–H groups in total. The van der Waals surface area contributed by atoms with Crippen molar-refractivity contribution in [2.24, 2.45) is 5.73 Å². The summed E-state index contributed by atoms with van der Waals surface area (Å²) in [6.07, 6.45) is 2.32. The van der Waals surface area contributed by atoms with Crippen molar-refractivity contribution in [3.8, 4) is 0 Å². The molecule has 9 heteroatoms. The van der Waals surface area contributed by atoms with E-state index in [-0.39, 0.29) is 4.88 Å². The molecule has 0 radical (unpaired) electrons.